The van der Waals surface area contributed by atoms with Crippen molar-refractivity contribution in [2.45, 2.75) is 38.5 Å². The fourth-order valence-electron chi connectivity index (χ4n) is 4.03. The van der Waals surface area contributed by atoms with E-state index in [2.05, 4.69) is 5.16 Å². The zero-order valence-corrected chi connectivity index (χ0v) is 15.6. The van der Waals surface area contributed by atoms with Crippen LogP contribution in [0.5, 0.6) is 0 Å². The molecule has 1 aliphatic carbocycles. The molecule has 0 saturated carbocycles. The van der Waals surface area contributed by atoms with Crippen molar-refractivity contribution in [1.82, 2.24) is 0 Å². The van der Waals surface area contributed by atoms with Crippen LogP contribution in [0.15, 0.2) is 58.1 Å². The number of carboxylic acid groups (broad SMARTS) is 1. The zero-order chi connectivity index (χ0) is 19.5. The summed E-state index contributed by atoms with van der Waals surface area (Å²) in [7, 11) is 0. The van der Waals surface area contributed by atoms with Crippen molar-refractivity contribution in [1.29, 1.82) is 0 Å². The van der Waals surface area contributed by atoms with E-state index in [1.54, 1.807) is 0 Å². The number of benzene rings is 2. The second-order valence-electron chi connectivity index (χ2n) is 7.38. The fourth-order valence-corrected chi connectivity index (χ4v) is 4.03. The summed E-state index contributed by atoms with van der Waals surface area (Å²) in [6.45, 7) is 0. The van der Waals surface area contributed by atoms with E-state index in [1.165, 1.54) is 5.56 Å². The van der Waals surface area contributed by atoms with E-state index in [0.29, 0.717) is 24.1 Å². The lowest BCUT2D eigenvalue weighted by Gasteiger charge is -2.13. The summed E-state index contributed by atoms with van der Waals surface area (Å²) in [6.07, 6.45) is 4.43. The highest BCUT2D eigenvalue weighted by molar-refractivity contribution is 6.04. The van der Waals surface area contributed by atoms with Crippen LogP contribution >= 0.6 is 0 Å². The maximum atomic E-state index is 11.8. The monoisotopic (exact) mass is 377 g/mol. The second-order valence-corrected chi connectivity index (χ2v) is 7.38. The van der Waals surface area contributed by atoms with Gasteiger partial charge in [0.05, 0.1) is 11.6 Å². The number of carbonyl (C=O) groups is 1. The molecular formula is C23H23NO4. The van der Waals surface area contributed by atoms with Crippen molar-refractivity contribution in [3.05, 3.63) is 71.0 Å². The molecule has 0 bridgehead atoms. The number of oxime groups is 1. The van der Waals surface area contributed by atoms with Gasteiger partial charge in [0.2, 0.25) is 0 Å². The van der Waals surface area contributed by atoms with Crippen LogP contribution in [0, 0.1) is 5.92 Å². The number of fused-ring (bicyclic) bond motifs is 3. The highest BCUT2D eigenvalue weighted by Gasteiger charge is 2.23. The molecule has 4 rings (SSSR count). The lowest BCUT2D eigenvalue weighted by molar-refractivity contribution is -0.141. The van der Waals surface area contributed by atoms with Crippen LogP contribution in [-0.2, 0) is 24.1 Å². The Balaban J connectivity index is 1.52. The molecule has 1 aliphatic rings. The van der Waals surface area contributed by atoms with Gasteiger partial charge < -0.3 is 14.7 Å². The van der Waals surface area contributed by atoms with Gasteiger partial charge in [-0.2, -0.15) is 0 Å². The quantitative estimate of drug-likeness (QED) is 0.351. The van der Waals surface area contributed by atoms with E-state index in [-0.39, 0.29) is 6.42 Å². The van der Waals surface area contributed by atoms with E-state index in [1.807, 2.05) is 48.5 Å². The third-order valence-corrected chi connectivity index (χ3v) is 5.57. The molecule has 0 amide bonds. The largest absolute Gasteiger partial charge is 0.481 e. The third kappa shape index (κ3) is 3.65. The Hall–Kier alpha value is -3.08. The summed E-state index contributed by atoms with van der Waals surface area (Å²) >= 11 is 0. The lowest BCUT2D eigenvalue weighted by Crippen LogP contribution is -2.19. The van der Waals surface area contributed by atoms with Crippen molar-refractivity contribution in [3.63, 3.8) is 0 Å². The van der Waals surface area contributed by atoms with E-state index in [0.717, 1.165) is 41.6 Å². The van der Waals surface area contributed by atoms with Gasteiger partial charge in [0, 0.05) is 29.4 Å². The Labute approximate surface area is 163 Å². The van der Waals surface area contributed by atoms with Crippen molar-refractivity contribution < 1.29 is 19.5 Å². The minimum Gasteiger partial charge on any atom is -0.481 e. The molecule has 1 heterocycles. The van der Waals surface area contributed by atoms with Gasteiger partial charge in [-0.25, -0.2) is 0 Å². The van der Waals surface area contributed by atoms with Gasteiger partial charge in [-0.1, -0.05) is 47.6 Å². The summed E-state index contributed by atoms with van der Waals surface area (Å²) in [5.74, 6) is -0.459. The minimum absolute atomic E-state index is 0.171. The van der Waals surface area contributed by atoms with Crippen molar-refractivity contribution >= 4 is 22.7 Å². The number of carboxylic acids is 1. The van der Waals surface area contributed by atoms with E-state index in [4.69, 9.17) is 4.42 Å². The predicted octanol–water partition coefficient (Wildman–Crippen LogP) is 4.82. The van der Waals surface area contributed by atoms with Crippen LogP contribution < -0.4 is 0 Å². The van der Waals surface area contributed by atoms with E-state index in [9.17, 15) is 15.1 Å². The smallest absolute Gasteiger partial charge is 0.306 e. The van der Waals surface area contributed by atoms with Gasteiger partial charge in [0.15, 0.2) is 0 Å². The maximum absolute atomic E-state index is 11.8. The van der Waals surface area contributed by atoms with Gasteiger partial charge >= 0.3 is 5.97 Å². The van der Waals surface area contributed by atoms with Crippen molar-refractivity contribution in [2.24, 2.45) is 11.1 Å². The zero-order valence-electron chi connectivity index (χ0n) is 15.6. The second kappa shape index (κ2) is 7.89. The molecule has 0 unspecified atom stereocenters. The minimum atomic E-state index is -0.880. The third-order valence-electron chi connectivity index (χ3n) is 5.57. The van der Waals surface area contributed by atoms with Crippen molar-refractivity contribution in [3.8, 4) is 0 Å². The van der Waals surface area contributed by atoms with Gasteiger partial charge in [0.25, 0.3) is 0 Å². The Morgan fingerprint density at radius 3 is 2.71 bits per heavy atom. The van der Waals surface area contributed by atoms with Gasteiger partial charge in [-0.15, -0.1) is 0 Å². The van der Waals surface area contributed by atoms with Crippen LogP contribution in [0.2, 0.25) is 0 Å². The molecule has 0 spiro atoms. The molecule has 1 aromatic heterocycles. The molecule has 1 atom stereocenters. The van der Waals surface area contributed by atoms with Crippen LogP contribution in [0.3, 0.4) is 0 Å². The first-order valence-electron chi connectivity index (χ1n) is 9.68. The molecule has 0 aliphatic heterocycles. The summed E-state index contributed by atoms with van der Waals surface area (Å²) in [5, 5.41) is 23.7. The normalized spacial score (nSPS) is 14.9. The SMILES string of the molecule is O=C(O)[C@H](CCc1ccccc1)CC(=NO)c1ccc2c3c(oc2c1)CCC3. The summed E-state index contributed by atoms with van der Waals surface area (Å²) < 4.78 is 5.95. The lowest BCUT2D eigenvalue weighted by atomic mass is 9.91. The first-order valence-corrected chi connectivity index (χ1v) is 9.68. The van der Waals surface area contributed by atoms with Crippen molar-refractivity contribution in [2.75, 3.05) is 0 Å². The predicted molar refractivity (Wildman–Crippen MR) is 107 cm³/mol. The molecule has 2 N–H and O–H groups in total. The first-order chi connectivity index (χ1) is 13.7. The van der Waals surface area contributed by atoms with E-state index >= 15 is 0 Å². The number of hydrogen-bond donors (Lipinski definition) is 2. The van der Waals surface area contributed by atoms with Crippen LogP contribution in [0.25, 0.3) is 11.0 Å². The highest BCUT2D eigenvalue weighted by atomic mass is 16.4. The summed E-state index contributed by atoms with van der Waals surface area (Å²) in [6, 6.07) is 15.6. The Morgan fingerprint density at radius 2 is 1.96 bits per heavy atom. The maximum Gasteiger partial charge on any atom is 0.306 e. The molecule has 3 aromatic rings. The highest BCUT2D eigenvalue weighted by Crippen LogP contribution is 2.33. The Kier molecular flexibility index (Phi) is 5.15. The number of aliphatic carboxylic acids is 1. The number of aryl methyl sites for hydroxylation is 3. The van der Waals surface area contributed by atoms with Gasteiger partial charge in [-0.05, 0) is 37.3 Å². The van der Waals surface area contributed by atoms with Gasteiger partial charge in [-0.3, -0.25) is 4.79 Å². The van der Waals surface area contributed by atoms with Crippen LogP contribution in [-0.4, -0.2) is 22.0 Å². The average Bonchev–Trinajstić information content (AvgIpc) is 3.29. The Bertz CT molecular complexity index is 1020. The van der Waals surface area contributed by atoms with Crippen LogP contribution in [0.4, 0.5) is 0 Å². The number of hydrogen-bond acceptors (Lipinski definition) is 4. The number of nitrogens with zero attached hydrogens (tertiary/aromatic N) is 1. The fraction of sp³-hybridized carbons (Fsp3) is 0.304. The van der Waals surface area contributed by atoms with Gasteiger partial charge in [0.1, 0.15) is 11.3 Å². The van der Waals surface area contributed by atoms with Crippen LogP contribution in [0.1, 0.15) is 41.7 Å². The topological polar surface area (TPSA) is 83.0 Å². The molecule has 0 fully saturated rings. The molecular weight excluding hydrogens is 354 g/mol. The molecule has 28 heavy (non-hydrogen) atoms. The standard InChI is InChI=1S/C23H23NO4/c25-23(26)17(10-9-15-5-2-1-3-6-15)13-20(24-27)16-11-12-19-18-7-4-8-21(18)28-22(19)14-16/h1-3,5-6,11-12,14,17,27H,4,7-10,13H2,(H,25,26)/t17-/m1/s1. The molecule has 0 saturated heterocycles. The first kappa shape index (κ1) is 18.3. The number of furan rings is 1. The van der Waals surface area contributed by atoms with E-state index < -0.39 is 11.9 Å². The average molecular weight is 377 g/mol. The molecule has 5 heteroatoms. The molecule has 0 radical (unpaired) electrons. The summed E-state index contributed by atoms with van der Waals surface area (Å²) in [5.41, 5.74) is 4.23. The molecule has 5 nitrogen and oxygen atoms in total. The summed E-state index contributed by atoms with van der Waals surface area (Å²) in [4.78, 5) is 11.8. The number of rotatable bonds is 7. The molecule has 144 valence electrons. The Morgan fingerprint density at radius 1 is 1.14 bits per heavy atom. The molecule has 2 aromatic carbocycles.